The molecule has 20 heavy (non-hydrogen) atoms. The van der Waals surface area contributed by atoms with Gasteiger partial charge < -0.3 is 14.6 Å². The van der Waals surface area contributed by atoms with Crippen LogP contribution in [0.5, 0.6) is 5.75 Å². The van der Waals surface area contributed by atoms with Crippen molar-refractivity contribution in [3.8, 4) is 5.75 Å². The molecule has 0 spiro atoms. The molecule has 2 aromatic rings. The van der Waals surface area contributed by atoms with E-state index in [0.717, 1.165) is 18.8 Å². The van der Waals surface area contributed by atoms with Crippen molar-refractivity contribution in [1.29, 1.82) is 0 Å². The lowest BCUT2D eigenvalue weighted by Crippen LogP contribution is -2.23. The SMILES string of the molecule is CCOc1cccc2c1ccn2CCCCNC(C)C. The molecule has 3 heteroatoms. The van der Waals surface area contributed by atoms with Gasteiger partial charge in [-0.2, -0.15) is 0 Å². The van der Waals surface area contributed by atoms with E-state index in [-0.39, 0.29) is 0 Å². The van der Waals surface area contributed by atoms with Crippen molar-refractivity contribution in [1.82, 2.24) is 9.88 Å². The Bertz CT molecular complexity index is 531. The van der Waals surface area contributed by atoms with Crippen LogP contribution in [0, 0.1) is 0 Å². The van der Waals surface area contributed by atoms with E-state index in [1.54, 1.807) is 0 Å². The Morgan fingerprint density at radius 1 is 1.20 bits per heavy atom. The largest absolute Gasteiger partial charge is 0.493 e. The monoisotopic (exact) mass is 274 g/mol. The third-order valence-corrected chi connectivity index (χ3v) is 3.45. The van der Waals surface area contributed by atoms with Crippen LogP contribution in [0.1, 0.15) is 33.6 Å². The molecule has 0 bridgehead atoms. The minimum absolute atomic E-state index is 0.580. The Morgan fingerprint density at radius 2 is 2.05 bits per heavy atom. The number of rotatable bonds is 8. The molecule has 0 radical (unpaired) electrons. The normalized spacial score (nSPS) is 11.4. The van der Waals surface area contributed by atoms with Gasteiger partial charge in [0, 0.05) is 24.2 Å². The van der Waals surface area contributed by atoms with Crippen LogP contribution in [0.2, 0.25) is 0 Å². The average Bonchev–Trinajstić information content (AvgIpc) is 2.83. The minimum Gasteiger partial charge on any atom is -0.493 e. The Labute approximate surface area is 121 Å². The van der Waals surface area contributed by atoms with Gasteiger partial charge in [-0.3, -0.25) is 0 Å². The fourth-order valence-electron chi connectivity index (χ4n) is 2.47. The number of nitrogens with one attached hydrogen (secondary N) is 1. The van der Waals surface area contributed by atoms with E-state index in [4.69, 9.17) is 4.74 Å². The molecule has 1 aromatic heterocycles. The van der Waals surface area contributed by atoms with Crippen LogP contribution in [0.4, 0.5) is 0 Å². The average molecular weight is 274 g/mol. The second kappa shape index (κ2) is 7.34. The molecule has 0 aliphatic carbocycles. The molecule has 1 heterocycles. The first kappa shape index (κ1) is 14.9. The Hall–Kier alpha value is -1.48. The third kappa shape index (κ3) is 3.76. The van der Waals surface area contributed by atoms with Crippen molar-refractivity contribution < 1.29 is 4.74 Å². The summed E-state index contributed by atoms with van der Waals surface area (Å²) in [4.78, 5) is 0. The molecule has 0 amide bonds. The van der Waals surface area contributed by atoms with Gasteiger partial charge in [-0.25, -0.2) is 0 Å². The fraction of sp³-hybridized carbons (Fsp3) is 0.529. The summed E-state index contributed by atoms with van der Waals surface area (Å²) < 4.78 is 8.01. The Balaban J connectivity index is 1.95. The van der Waals surface area contributed by atoms with Crippen molar-refractivity contribution in [2.24, 2.45) is 0 Å². The highest BCUT2D eigenvalue weighted by Gasteiger charge is 2.05. The molecule has 0 fully saturated rings. The van der Waals surface area contributed by atoms with Crippen LogP contribution in [-0.4, -0.2) is 23.8 Å². The summed E-state index contributed by atoms with van der Waals surface area (Å²) in [5.74, 6) is 0.991. The minimum atomic E-state index is 0.580. The summed E-state index contributed by atoms with van der Waals surface area (Å²) >= 11 is 0. The van der Waals surface area contributed by atoms with Gasteiger partial charge >= 0.3 is 0 Å². The summed E-state index contributed by atoms with van der Waals surface area (Å²) in [6.07, 6.45) is 4.58. The highest BCUT2D eigenvalue weighted by molar-refractivity contribution is 5.86. The van der Waals surface area contributed by atoms with Crippen LogP contribution in [0.15, 0.2) is 30.5 Å². The molecule has 0 aliphatic heterocycles. The molecule has 0 atom stereocenters. The number of aromatic nitrogens is 1. The highest BCUT2D eigenvalue weighted by atomic mass is 16.5. The van der Waals surface area contributed by atoms with Gasteiger partial charge in [0.25, 0.3) is 0 Å². The van der Waals surface area contributed by atoms with Crippen LogP contribution in [0.3, 0.4) is 0 Å². The molecule has 2 rings (SSSR count). The number of aryl methyl sites for hydroxylation is 1. The maximum Gasteiger partial charge on any atom is 0.128 e. The number of ether oxygens (including phenoxy) is 1. The number of hydrogen-bond acceptors (Lipinski definition) is 2. The predicted octanol–water partition coefficient (Wildman–Crippen LogP) is 3.82. The smallest absolute Gasteiger partial charge is 0.128 e. The van der Waals surface area contributed by atoms with Crippen molar-refractivity contribution in [3.63, 3.8) is 0 Å². The first-order valence-electron chi connectivity index (χ1n) is 7.66. The number of fused-ring (bicyclic) bond motifs is 1. The van der Waals surface area contributed by atoms with E-state index < -0.39 is 0 Å². The van der Waals surface area contributed by atoms with Crippen LogP contribution in [-0.2, 0) is 6.54 Å². The Morgan fingerprint density at radius 3 is 2.80 bits per heavy atom. The number of unbranched alkanes of at least 4 members (excludes halogenated alkanes) is 1. The second-order valence-electron chi connectivity index (χ2n) is 5.45. The van der Waals surface area contributed by atoms with E-state index in [1.807, 2.05) is 13.0 Å². The maximum atomic E-state index is 5.68. The zero-order valence-electron chi connectivity index (χ0n) is 12.9. The van der Waals surface area contributed by atoms with Crippen molar-refractivity contribution in [3.05, 3.63) is 30.5 Å². The van der Waals surface area contributed by atoms with E-state index in [0.29, 0.717) is 12.6 Å². The van der Waals surface area contributed by atoms with E-state index in [2.05, 4.69) is 48.1 Å². The zero-order valence-corrected chi connectivity index (χ0v) is 12.9. The third-order valence-electron chi connectivity index (χ3n) is 3.45. The molecular weight excluding hydrogens is 248 g/mol. The number of nitrogens with zero attached hydrogens (tertiary/aromatic N) is 1. The summed E-state index contributed by atoms with van der Waals surface area (Å²) in [5, 5.41) is 4.68. The second-order valence-corrected chi connectivity index (χ2v) is 5.45. The van der Waals surface area contributed by atoms with Crippen molar-refractivity contribution in [2.75, 3.05) is 13.2 Å². The first-order valence-corrected chi connectivity index (χ1v) is 7.66. The molecule has 1 N–H and O–H groups in total. The van der Waals surface area contributed by atoms with Gasteiger partial charge in [-0.15, -0.1) is 0 Å². The summed E-state index contributed by atoms with van der Waals surface area (Å²) in [6.45, 7) is 9.28. The lowest BCUT2D eigenvalue weighted by molar-refractivity contribution is 0.344. The Kier molecular flexibility index (Phi) is 5.48. The molecular formula is C17H26N2O. The lowest BCUT2D eigenvalue weighted by Gasteiger charge is -2.09. The standard InChI is InChI=1S/C17H26N2O/c1-4-20-17-9-7-8-16-15(17)10-13-19(16)12-6-5-11-18-14(2)3/h7-10,13-14,18H,4-6,11-12H2,1-3H3. The molecule has 1 aromatic carbocycles. The quantitative estimate of drug-likeness (QED) is 0.741. The molecule has 0 aliphatic rings. The van der Waals surface area contributed by atoms with Gasteiger partial charge in [-0.05, 0) is 44.5 Å². The summed E-state index contributed by atoms with van der Waals surface area (Å²) in [7, 11) is 0. The van der Waals surface area contributed by atoms with Gasteiger partial charge in [0.15, 0.2) is 0 Å². The van der Waals surface area contributed by atoms with E-state index >= 15 is 0 Å². The van der Waals surface area contributed by atoms with Crippen molar-refractivity contribution >= 4 is 10.9 Å². The number of hydrogen-bond donors (Lipinski definition) is 1. The maximum absolute atomic E-state index is 5.68. The van der Waals surface area contributed by atoms with Crippen LogP contribution in [0.25, 0.3) is 10.9 Å². The highest BCUT2D eigenvalue weighted by Crippen LogP contribution is 2.26. The lowest BCUT2D eigenvalue weighted by atomic mass is 10.2. The van der Waals surface area contributed by atoms with Crippen molar-refractivity contribution in [2.45, 2.75) is 46.2 Å². The molecule has 0 saturated carbocycles. The topological polar surface area (TPSA) is 26.2 Å². The van der Waals surface area contributed by atoms with Gasteiger partial charge in [-0.1, -0.05) is 19.9 Å². The van der Waals surface area contributed by atoms with Gasteiger partial charge in [0.05, 0.1) is 12.1 Å². The molecule has 0 unspecified atom stereocenters. The molecule has 0 saturated heterocycles. The predicted molar refractivity (Wildman–Crippen MR) is 85.5 cm³/mol. The van der Waals surface area contributed by atoms with Crippen LogP contribution < -0.4 is 10.1 Å². The van der Waals surface area contributed by atoms with Gasteiger partial charge in [0.2, 0.25) is 0 Å². The fourth-order valence-corrected chi connectivity index (χ4v) is 2.47. The summed E-state index contributed by atoms with van der Waals surface area (Å²) in [6, 6.07) is 9.03. The molecule has 3 nitrogen and oxygen atoms in total. The van der Waals surface area contributed by atoms with Crippen LogP contribution >= 0.6 is 0 Å². The summed E-state index contributed by atoms with van der Waals surface area (Å²) in [5.41, 5.74) is 1.27. The first-order chi connectivity index (χ1) is 9.72. The van der Waals surface area contributed by atoms with E-state index in [9.17, 15) is 0 Å². The van der Waals surface area contributed by atoms with Gasteiger partial charge in [0.1, 0.15) is 5.75 Å². The zero-order chi connectivity index (χ0) is 14.4. The van der Waals surface area contributed by atoms with E-state index in [1.165, 1.54) is 23.7 Å². The number of benzene rings is 1. The molecule has 110 valence electrons.